The summed E-state index contributed by atoms with van der Waals surface area (Å²) in [6.07, 6.45) is 1.45. The van der Waals surface area contributed by atoms with Crippen LogP contribution in [0.25, 0.3) is 0 Å². The number of benzene rings is 1. The molecule has 2 rings (SSSR count). The summed E-state index contributed by atoms with van der Waals surface area (Å²) >= 11 is 0. The average molecular weight is 239 g/mol. The third-order valence-electron chi connectivity index (χ3n) is 2.40. The quantitative estimate of drug-likeness (QED) is 0.537. The molecule has 0 amide bonds. The van der Waals surface area contributed by atoms with Gasteiger partial charge in [0.1, 0.15) is 5.84 Å². The third-order valence-corrected chi connectivity index (χ3v) is 4.27. The van der Waals surface area contributed by atoms with Gasteiger partial charge in [-0.05, 0) is 25.0 Å². The van der Waals surface area contributed by atoms with E-state index in [-0.39, 0.29) is 11.1 Å². The van der Waals surface area contributed by atoms with Gasteiger partial charge < -0.3 is 5.73 Å². The van der Waals surface area contributed by atoms with Crippen LogP contribution in [0.4, 0.5) is 5.69 Å². The van der Waals surface area contributed by atoms with Crippen LogP contribution in [0.3, 0.4) is 0 Å². The van der Waals surface area contributed by atoms with Crippen LogP contribution in [0, 0.1) is 5.41 Å². The minimum Gasteiger partial charge on any atom is -0.384 e. The van der Waals surface area contributed by atoms with Crippen molar-refractivity contribution in [3.63, 3.8) is 0 Å². The van der Waals surface area contributed by atoms with Crippen molar-refractivity contribution in [2.45, 2.75) is 18.1 Å². The van der Waals surface area contributed by atoms with Gasteiger partial charge in [0.2, 0.25) is 10.0 Å². The molecule has 0 bridgehead atoms. The topological polar surface area (TPSA) is 96.0 Å². The van der Waals surface area contributed by atoms with Gasteiger partial charge in [0.15, 0.2) is 0 Å². The lowest BCUT2D eigenvalue weighted by Crippen LogP contribution is -2.18. The molecule has 4 N–H and O–H groups in total. The van der Waals surface area contributed by atoms with Gasteiger partial charge in [-0.1, -0.05) is 12.1 Å². The Morgan fingerprint density at radius 3 is 2.69 bits per heavy atom. The predicted molar refractivity (Wildman–Crippen MR) is 63.0 cm³/mol. The van der Waals surface area contributed by atoms with Gasteiger partial charge >= 0.3 is 0 Å². The molecule has 0 heterocycles. The molecule has 0 spiro atoms. The lowest BCUT2D eigenvalue weighted by atomic mass is 10.2. The van der Waals surface area contributed by atoms with E-state index >= 15 is 0 Å². The molecule has 0 aromatic heterocycles. The predicted octanol–water partition coefficient (Wildman–Crippen LogP) is 0.875. The summed E-state index contributed by atoms with van der Waals surface area (Å²) in [6, 6.07) is 6.54. The first-order chi connectivity index (χ1) is 7.49. The zero-order valence-corrected chi connectivity index (χ0v) is 9.42. The Labute approximate surface area is 94.2 Å². The number of nitrogens with two attached hydrogens (primary N) is 1. The highest BCUT2D eigenvalue weighted by Gasteiger charge is 2.35. The highest BCUT2D eigenvalue weighted by Crippen LogP contribution is 2.29. The van der Waals surface area contributed by atoms with Crippen LogP contribution >= 0.6 is 0 Å². The lowest BCUT2D eigenvalue weighted by molar-refractivity contribution is 0.600. The Morgan fingerprint density at radius 2 is 2.12 bits per heavy atom. The van der Waals surface area contributed by atoms with E-state index in [9.17, 15) is 8.42 Å². The summed E-state index contributed by atoms with van der Waals surface area (Å²) in [5.41, 5.74) is 6.29. The molecule has 1 aliphatic carbocycles. The summed E-state index contributed by atoms with van der Waals surface area (Å²) in [5.74, 6) is -0.0764. The molecule has 0 aliphatic heterocycles. The Morgan fingerprint density at radius 1 is 1.44 bits per heavy atom. The molecular formula is C10H13N3O2S. The number of hydrogen-bond donors (Lipinski definition) is 3. The summed E-state index contributed by atoms with van der Waals surface area (Å²) in [6.45, 7) is 0. The minimum atomic E-state index is -3.24. The van der Waals surface area contributed by atoms with Gasteiger partial charge in [-0.3, -0.25) is 10.1 Å². The number of nitrogen functional groups attached to an aromatic ring is 1. The van der Waals surface area contributed by atoms with Crippen molar-refractivity contribution in [2.75, 3.05) is 4.72 Å². The molecule has 0 atom stereocenters. The number of hydrogen-bond acceptors (Lipinski definition) is 3. The van der Waals surface area contributed by atoms with Crippen molar-refractivity contribution in [3.05, 3.63) is 29.8 Å². The van der Waals surface area contributed by atoms with Crippen molar-refractivity contribution >= 4 is 21.5 Å². The number of sulfonamides is 1. The van der Waals surface area contributed by atoms with Crippen LogP contribution < -0.4 is 10.5 Å². The smallest absolute Gasteiger partial charge is 0.235 e. The molecule has 0 radical (unpaired) electrons. The van der Waals surface area contributed by atoms with Crippen molar-refractivity contribution < 1.29 is 8.42 Å². The van der Waals surface area contributed by atoms with Gasteiger partial charge in [0.25, 0.3) is 0 Å². The Kier molecular flexibility index (Phi) is 2.59. The fraction of sp³-hybridized carbons (Fsp3) is 0.300. The first kappa shape index (κ1) is 10.9. The Bertz CT molecular complexity index is 521. The fourth-order valence-electron chi connectivity index (χ4n) is 1.38. The molecule has 1 aromatic carbocycles. The standard InChI is InChI=1S/C10H13N3O2S/c11-10(12)7-2-1-3-8(6-7)13-16(14,15)9-4-5-9/h1-3,6,9,13H,4-5H2,(H3,11,12). The molecule has 5 nitrogen and oxygen atoms in total. The van der Waals surface area contributed by atoms with Crippen LogP contribution in [0.15, 0.2) is 24.3 Å². The van der Waals surface area contributed by atoms with Crippen LogP contribution in [0.5, 0.6) is 0 Å². The second kappa shape index (κ2) is 3.79. The second-order valence-corrected chi connectivity index (χ2v) is 5.80. The summed E-state index contributed by atoms with van der Waals surface area (Å²) in [4.78, 5) is 0. The number of amidine groups is 1. The van der Waals surface area contributed by atoms with Crippen LogP contribution in [-0.2, 0) is 10.0 Å². The molecule has 0 unspecified atom stereocenters. The Hall–Kier alpha value is -1.56. The highest BCUT2D eigenvalue weighted by atomic mass is 32.2. The largest absolute Gasteiger partial charge is 0.384 e. The molecule has 0 saturated heterocycles. The molecular weight excluding hydrogens is 226 g/mol. The highest BCUT2D eigenvalue weighted by molar-refractivity contribution is 7.93. The number of anilines is 1. The van der Waals surface area contributed by atoms with Crippen molar-refractivity contribution in [1.82, 2.24) is 0 Å². The minimum absolute atomic E-state index is 0.0764. The second-order valence-electron chi connectivity index (χ2n) is 3.84. The first-order valence-electron chi connectivity index (χ1n) is 4.95. The monoisotopic (exact) mass is 239 g/mol. The lowest BCUT2D eigenvalue weighted by Gasteiger charge is -2.07. The molecule has 1 fully saturated rings. The van der Waals surface area contributed by atoms with E-state index in [1.54, 1.807) is 24.3 Å². The van der Waals surface area contributed by atoms with E-state index in [1.165, 1.54) is 0 Å². The van der Waals surface area contributed by atoms with Gasteiger partial charge in [0.05, 0.1) is 5.25 Å². The molecule has 1 saturated carbocycles. The van der Waals surface area contributed by atoms with E-state index in [2.05, 4.69) is 4.72 Å². The molecule has 86 valence electrons. The maximum atomic E-state index is 11.6. The Balaban J connectivity index is 2.21. The van der Waals surface area contributed by atoms with Crippen molar-refractivity contribution in [3.8, 4) is 0 Å². The number of nitrogens with one attached hydrogen (secondary N) is 2. The van der Waals surface area contributed by atoms with Gasteiger partial charge in [-0.25, -0.2) is 8.42 Å². The van der Waals surface area contributed by atoms with E-state index < -0.39 is 10.0 Å². The zero-order valence-electron chi connectivity index (χ0n) is 8.60. The summed E-state index contributed by atoms with van der Waals surface area (Å²) < 4.78 is 25.8. The van der Waals surface area contributed by atoms with E-state index in [0.29, 0.717) is 11.3 Å². The normalized spacial score (nSPS) is 15.8. The first-order valence-corrected chi connectivity index (χ1v) is 6.50. The maximum absolute atomic E-state index is 11.6. The van der Waals surface area contributed by atoms with E-state index in [1.807, 2.05) is 0 Å². The fourth-order valence-corrected chi connectivity index (χ4v) is 2.76. The van der Waals surface area contributed by atoms with Gasteiger partial charge in [0, 0.05) is 11.3 Å². The summed E-state index contributed by atoms with van der Waals surface area (Å²) in [7, 11) is -3.24. The molecule has 16 heavy (non-hydrogen) atoms. The van der Waals surface area contributed by atoms with Crippen LogP contribution in [0.2, 0.25) is 0 Å². The van der Waals surface area contributed by atoms with Gasteiger partial charge in [-0.2, -0.15) is 0 Å². The molecule has 6 heteroatoms. The summed E-state index contributed by atoms with van der Waals surface area (Å²) in [5, 5.41) is 7.00. The van der Waals surface area contributed by atoms with Crippen LogP contribution in [0.1, 0.15) is 18.4 Å². The number of rotatable bonds is 4. The van der Waals surface area contributed by atoms with Crippen molar-refractivity contribution in [2.24, 2.45) is 5.73 Å². The maximum Gasteiger partial charge on any atom is 0.235 e. The molecule has 1 aliphatic rings. The third kappa shape index (κ3) is 2.33. The van der Waals surface area contributed by atoms with Crippen molar-refractivity contribution in [1.29, 1.82) is 5.41 Å². The SMILES string of the molecule is N=C(N)c1cccc(NS(=O)(=O)C2CC2)c1. The zero-order chi connectivity index (χ0) is 11.8. The van der Waals surface area contributed by atoms with Crippen LogP contribution in [-0.4, -0.2) is 19.5 Å². The van der Waals surface area contributed by atoms with E-state index in [0.717, 1.165) is 12.8 Å². The average Bonchev–Trinajstić information content (AvgIpc) is 3.00. The van der Waals surface area contributed by atoms with E-state index in [4.69, 9.17) is 11.1 Å². The molecule has 1 aromatic rings. The van der Waals surface area contributed by atoms with Gasteiger partial charge in [-0.15, -0.1) is 0 Å².